The van der Waals surface area contributed by atoms with Crippen molar-refractivity contribution in [3.8, 4) is 0 Å². The molecular formula is C9H17NOS. The number of hydrogen-bond donors (Lipinski definition) is 1. The van der Waals surface area contributed by atoms with Gasteiger partial charge in [-0.3, -0.25) is 0 Å². The summed E-state index contributed by atoms with van der Waals surface area (Å²) < 4.78 is 5.49. The van der Waals surface area contributed by atoms with Gasteiger partial charge in [-0.2, -0.15) is 11.8 Å². The highest BCUT2D eigenvalue weighted by atomic mass is 32.2. The average Bonchev–Trinajstić information content (AvgIpc) is 2.57. The minimum atomic E-state index is 0.515. The van der Waals surface area contributed by atoms with Crippen LogP contribution in [0, 0.1) is 0 Å². The molecule has 0 saturated carbocycles. The summed E-state index contributed by atoms with van der Waals surface area (Å²) in [5.41, 5.74) is 5.31. The highest BCUT2D eigenvalue weighted by molar-refractivity contribution is 7.99. The van der Waals surface area contributed by atoms with Gasteiger partial charge < -0.3 is 10.5 Å². The number of rotatable bonds is 5. The fraction of sp³-hybridized carbons (Fsp3) is 0.778. The van der Waals surface area contributed by atoms with E-state index in [4.69, 9.17) is 10.5 Å². The van der Waals surface area contributed by atoms with Gasteiger partial charge in [-0.05, 0) is 12.8 Å². The van der Waals surface area contributed by atoms with Crippen molar-refractivity contribution in [2.75, 3.05) is 24.7 Å². The maximum absolute atomic E-state index is 5.49. The Kier molecular flexibility index (Phi) is 5.48. The van der Waals surface area contributed by atoms with Crippen LogP contribution in [0.5, 0.6) is 0 Å². The normalized spacial score (nSPS) is 23.9. The number of ether oxygens (including phenoxy) is 1. The molecule has 3 heteroatoms. The molecule has 0 aromatic carbocycles. The molecule has 1 aliphatic heterocycles. The Morgan fingerprint density at radius 3 is 3.08 bits per heavy atom. The fourth-order valence-corrected chi connectivity index (χ4v) is 2.14. The molecule has 1 unspecified atom stereocenters. The van der Waals surface area contributed by atoms with Gasteiger partial charge in [-0.25, -0.2) is 0 Å². The van der Waals surface area contributed by atoms with Gasteiger partial charge in [0.2, 0.25) is 0 Å². The lowest BCUT2D eigenvalue weighted by atomic mass is 10.3. The van der Waals surface area contributed by atoms with E-state index >= 15 is 0 Å². The molecular weight excluding hydrogens is 170 g/mol. The molecule has 1 rings (SSSR count). The van der Waals surface area contributed by atoms with Crippen LogP contribution in [-0.2, 0) is 4.74 Å². The first-order chi connectivity index (χ1) is 5.93. The second-order valence-corrected chi connectivity index (χ2v) is 3.95. The minimum Gasteiger partial charge on any atom is -0.377 e. The standard InChI is InChI=1S/C9H17NOS/c10-5-1-2-7-12-8-9-4-3-6-11-9/h1-2,9H,3-8,10H2/b2-1+. The molecule has 0 radical (unpaired) electrons. The highest BCUT2D eigenvalue weighted by Crippen LogP contribution is 2.16. The SMILES string of the molecule is NC/C=C/CSCC1CCCO1. The molecule has 2 N–H and O–H groups in total. The summed E-state index contributed by atoms with van der Waals surface area (Å²) >= 11 is 1.92. The Hall–Kier alpha value is 0.01000. The van der Waals surface area contributed by atoms with Gasteiger partial charge in [-0.15, -0.1) is 0 Å². The molecule has 0 aromatic heterocycles. The fourth-order valence-electron chi connectivity index (χ4n) is 1.21. The van der Waals surface area contributed by atoms with E-state index < -0.39 is 0 Å². The Morgan fingerprint density at radius 1 is 1.50 bits per heavy atom. The van der Waals surface area contributed by atoms with Crippen molar-refractivity contribution in [3.63, 3.8) is 0 Å². The van der Waals surface area contributed by atoms with Crippen LogP contribution in [0.4, 0.5) is 0 Å². The van der Waals surface area contributed by atoms with Gasteiger partial charge in [0.1, 0.15) is 0 Å². The van der Waals surface area contributed by atoms with Gasteiger partial charge in [0.05, 0.1) is 6.10 Å². The highest BCUT2D eigenvalue weighted by Gasteiger charge is 2.14. The van der Waals surface area contributed by atoms with E-state index in [0.717, 1.165) is 18.1 Å². The first-order valence-electron chi connectivity index (χ1n) is 4.48. The maximum atomic E-state index is 5.49. The van der Waals surface area contributed by atoms with Crippen LogP contribution in [0.3, 0.4) is 0 Å². The average molecular weight is 187 g/mol. The minimum absolute atomic E-state index is 0.515. The van der Waals surface area contributed by atoms with Gasteiger partial charge in [0, 0.05) is 24.7 Å². The van der Waals surface area contributed by atoms with Crippen molar-refractivity contribution in [1.82, 2.24) is 0 Å². The molecule has 1 aliphatic rings. The molecule has 1 fully saturated rings. The lowest BCUT2D eigenvalue weighted by Crippen LogP contribution is -2.07. The second kappa shape index (κ2) is 6.52. The van der Waals surface area contributed by atoms with Gasteiger partial charge in [0.25, 0.3) is 0 Å². The van der Waals surface area contributed by atoms with E-state index in [-0.39, 0.29) is 0 Å². The van der Waals surface area contributed by atoms with Crippen LogP contribution in [-0.4, -0.2) is 30.8 Å². The maximum Gasteiger partial charge on any atom is 0.0666 e. The van der Waals surface area contributed by atoms with Crippen LogP contribution in [0.25, 0.3) is 0 Å². The quantitative estimate of drug-likeness (QED) is 0.522. The summed E-state index contributed by atoms with van der Waals surface area (Å²) in [6.07, 6.45) is 7.13. The largest absolute Gasteiger partial charge is 0.377 e. The number of nitrogens with two attached hydrogens (primary N) is 1. The molecule has 1 atom stereocenters. The van der Waals surface area contributed by atoms with Crippen molar-refractivity contribution >= 4 is 11.8 Å². The molecule has 12 heavy (non-hydrogen) atoms. The molecule has 0 amide bonds. The zero-order chi connectivity index (χ0) is 8.65. The Bertz CT molecular complexity index is 132. The Morgan fingerprint density at radius 2 is 2.42 bits per heavy atom. The lowest BCUT2D eigenvalue weighted by molar-refractivity contribution is 0.129. The number of hydrogen-bond acceptors (Lipinski definition) is 3. The zero-order valence-corrected chi connectivity index (χ0v) is 8.19. The summed E-state index contributed by atoms with van der Waals surface area (Å²) in [5, 5.41) is 0. The molecule has 0 spiro atoms. The molecule has 1 heterocycles. The van der Waals surface area contributed by atoms with Crippen molar-refractivity contribution in [2.45, 2.75) is 18.9 Å². The molecule has 2 nitrogen and oxygen atoms in total. The number of thioether (sulfide) groups is 1. The summed E-state index contributed by atoms with van der Waals surface area (Å²) in [6, 6.07) is 0. The van der Waals surface area contributed by atoms with Gasteiger partial charge in [-0.1, -0.05) is 12.2 Å². The van der Waals surface area contributed by atoms with E-state index in [1.54, 1.807) is 0 Å². The molecule has 0 bridgehead atoms. The Labute approximate surface area is 78.5 Å². The summed E-state index contributed by atoms with van der Waals surface area (Å²) in [5.74, 6) is 2.20. The van der Waals surface area contributed by atoms with Gasteiger partial charge >= 0.3 is 0 Å². The second-order valence-electron chi connectivity index (χ2n) is 2.88. The monoisotopic (exact) mass is 187 g/mol. The van der Waals surface area contributed by atoms with Crippen molar-refractivity contribution in [1.29, 1.82) is 0 Å². The third-order valence-electron chi connectivity index (χ3n) is 1.84. The van der Waals surface area contributed by atoms with E-state index in [1.807, 2.05) is 17.8 Å². The first-order valence-corrected chi connectivity index (χ1v) is 5.63. The third kappa shape index (κ3) is 4.14. The summed E-state index contributed by atoms with van der Waals surface area (Å²) in [7, 11) is 0. The van der Waals surface area contributed by atoms with Crippen LogP contribution in [0.1, 0.15) is 12.8 Å². The first kappa shape index (κ1) is 10.1. The lowest BCUT2D eigenvalue weighted by Gasteiger charge is -2.06. The van der Waals surface area contributed by atoms with E-state index in [9.17, 15) is 0 Å². The zero-order valence-electron chi connectivity index (χ0n) is 7.37. The predicted molar refractivity (Wildman–Crippen MR) is 54.5 cm³/mol. The topological polar surface area (TPSA) is 35.2 Å². The van der Waals surface area contributed by atoms with Crippen LogP contribution >= 0.6 is 11.8 Å². The van der Waals surface area contributed by atoms with Crippen molar-refractivity contribution in [3.05, 3.63) is 12.2 Å². The van der Waals surface area contributed by atoms with Gasteiger partial charge in [0.15, 0.2) is 0 Å². The predicted octanol–water partition coefficient (Wildman–Crippen LogP) is 1.41. The van der Waals surface area contributed by atoms with E-state index in [1.165, 1.54) is 12.8 Å². The summed E-state index contributed by atoms with van der Waals surface area (Å²) in [6.45, 7) is 1.62. The van der Waals surface area contributed by atoms with Crippen molar-refractivity contribution < 1.29 is 4.74 Å². The smallest absolute Gasteiger partial charge is 0.0666 e. The van der Waals surface area contributed by atoms with Crippen LogP contribution in [0.2, 0.25) is 0 Å². The van der Waals surface area contributed by atoms with E-state index in [0.29, 0.717) is 12.6 Å². The van der Waals surface area contributed by atoms with E-state index in [2.05, 4.69) is 6.08 Å². The molecule has 0 aliphatic carbocycles. The molecule has 70 valence electrons. The van der Waals surface area contributed by atoms with Crippen molar-refractivity contribution in [2.24, 2.45) is 5.73 Å². The van der Waals surface area contributed by atoms with Crippen LogP contribution in [0.15, 0.2) is 12.2 Å². The Balaban J connectivity index is 1.91. The molecule has 0 aromatic rings. The summed E-state index contributed by atoms with van der Waals surface area (Å²) in [4.78, 5) is 0. The third-order valence-corrected chi connectivity index (χ3v) is 2.88. The molecule has 1 saturated heterocycles. The van der Waals surface area contributed by atoms with Crippen LogP contribution < -0.4 is 5.73 Å².